The van der Waals surface area contributed by atoms with Crippen molar-refractivity contribution in [3.63, 3.8) is 0 Å². The number of hydrogen-bond acceptors (Lipinski definition) is 5. The van der Waals surface area contributed by atoms with E-state index in [2.05, 4.69) is 9.59 Å². The SMILES string of the molecule is CCc1nnsc1C(=O)N1CCC(F)(C(=O)O)C1. The maximum atomic E-state index is 13.8. The summed E-state index contributed by atoms with van der Waals surface area (Å²) in [6.07, 6.45) is 0.382. The fourth-order valence-electron chi connectivity index (χ4n) is 1.87. The van der Waals surface area contributed by atoms with E-state index < -0.39 is 18.2 Å². The van der Waals surface area contributed by atoms with Gasteiger partial charge in [-0.1, -0.05) is 11.4 Å². The molecule has 0 spiro atoms. The normalized spacial score (nSPS) is 23.3. The number of nitrogens with zero attached hydrogens (tertiary/aromatic N) is 3. The van der Waals surface area contributed by atoms with E-state index in [1.165, 1.54) is 4.90 Å². The molecule has 1 aliphatic heterocycles. The molecule has 0 bridgehead atoms. The molecule has 98 valence electrons. The summed E-state index contributed by atoms with van der Waals surface area (Å²) in [5.74, 6) is -1.90. The molecule has 0 aromatic carbocycles. The Balaban J connectivity index is 2.15. The Morgan fingerprint density at radius 1 is 1.61 bits per heavy atom. The second-order valence-electron chi connectivity index (χ2n) is 4.15. The van der Waals surface area contributed by atoms with Gasteiger partial charge in [-0.25, -0.2) is 9.18 Å². The monoisotopic (exact) mass is 273 g/mol. The predicted octanol–water partition coefficient (Wildman–Crippen LogP) is 0.739. The zero-order valence-electron chi connectivity index (χ0n) is 9.72. The summed E-state index contributed by atoms with van der Waals surface area (Å²) in [6.45, 7) is 1.53. The molecule has 1 atom stereocenters. The van der Waals surface area contributed by atoms with Crippen molar-refractivity contribution in [1.82, 2.24) is 14.5 Å². The van der Waals surface area contributed by atoms with Crippen LogP contribution >= 0.6 is 11.5 Å². The average molecular weight is 273 g/mol. The van der Waals surface area contributed by atoms with Crippen molar-refractivity contribution in [3.05, 3.63) is 10.6 Å². The first-order valence-corrected chi connectivity index (χ1v) is 6.28. The molecule has 1 aromatic heterocycles. The Labute approximate surface area is 107 Å². The number of rotatable bonds is 3. The van der Waals surface area contributed by atoms with Crippen LogP contribution in [0.3, 0.4) is 0 Å². The molecule has 0 aliphatic carbocycles. The summed E-state index contributed by atoms with van der Waals surface area (Å²) in [5.41, 5.74) is -1.77. The summed E-state index contributed by atoms with van der Waals surface area (Å²) >= 11 is 0.955. The van der Waals surface area contributed by atoms with E-state index in [-0.39, 0.29) is 18.9 Å². The number of aliphatic carboxylic acids is 1. The molecule has 1 aromatic rings. The minimum absolute atomic E-state index is 0.0999. The number of halogens is 1. The Morgan fingerprint density at radius 3 is 2.89 bits per heavy atom. The van der Waals surface area contributed by atoms with Crippen LogP contribution in [0.4, 0.5) is 4.39 Å². The Morgan fingerprint density at radius 2 is 2.33 bits per heavy atom. The molecular weight excluding hydrogens is 261 g/mol. The summed E-state index contributed by atoms with van der Waals surface area (Å²) < 4.78 is 17.5. The fourth-order valence-corrected chi connectivity index (χ4v) is 2.59. The largest absolute Gasteiger partial charge is 0.479 e. The molecule has 0 saturated carbocycles. The Hall–Kier alpha value is -1.57. The highest BCUT2D eigenvalue weighted by Crippen LogP contribution is 2.28. The van der Waals surface area contributed by atoms with Crippen LogP contribution in [0.25, 0.3) is 0 Å². The van der Waals surface area contributed by atoms with E-state index in [4.69, 9.17) is 5.11 Å². The Bertz CT molecular complexity index is 492. The highest BCUT2D eigenvalue weighted by Gasteiger charge is 2.47. The topological polar surface area (TPSA) is 83.4 Å². The van der Waals surface area contributed by atoms with Crippen molar-refractivity contribution < 1.29 is 19.1 Å². The average Bonchev–Trinajstić information content (AvgIpc) is 2.94. The van der Waals surface area contributed by atoms with Gasteiger partial charge in [0, 0.05) is 13.0 Å². The molecule has 1 saturated heterocycles. The van der Waals surface area contributed by atoms with Crippen molar-refractivity contribution in [2.75, 3.05) is 13.1 Å². The zero-order valence-corrected chi connectivity index (χ0v) is 10.5. The maximum absolute atomic E-state index is 13.8. The van der Waals surface area contributed by atoms with E-state index in [9.17, 15) is 14.0 Å². The number of carbonyl (C=O) groups is 2. The van der Waals surface area contributed by atoms with E-state index in [1.54, 1.807) is 0 Å². The number of hydrogen-bond donors (Lipinski definition) is 1. The quantitative estimate of drug-likeness (QED) is 0.878. The van der Waals surface area contributed by atoms with Gasteiger partial charge < -0.3 is 10.0 Å². The first kappa shape index (κ1) is 12.9. The minimum atomic E-state index is -2.33. The number of amides is 1. The van der Waals surface area contributed by atoms with Crippen LogP contribution in [0.5, 0.6) is 0 Å². The highest BCUT2D eigenvalue weighted by molar-refractivity contribution is 7.08. The maximum Gasteiger partial charge on any atom is 0.343 e. The second-order valence-corrected chi connectivity index (χ2v) is 4.90. The zero-order chi connectivity index (χ0) is 13.3. The number of aromatic nitrogens is 2. The predicted molar refractivity (Wildman–Crippen MR) is 61.3 cm³/mol. The van der Waals surface area contributed by atoms with Crippen molar-refractivity contribution in [2.45, 2.75) is 25.4 Å². The van der Waals surface area contributed by atoms with Gasteiger partial charge in [-0.15, -0.1) is 5.10 Å². The van der Waals surface area contributed by atoms with Gasteiger partial charge in [0.15, 0.2) is 0 Å². The molecule has 6 nitrogen and oxygen atoms in total. The molecule has 18 heavy (non-hydrogen) atoms. The minimum Gasteiger partial charge on any atom is -0.479 e. The fraction of sp³-hybridized carbons (Fsp3) is 0.600. The van der Waals surface area contributed by atoms with Crippen LogP contribution in [-0.4, -0.2) is 50.2 Å². The van der Waals surface area contributed by atoms with Crippen LogP contribution in [-0.2, 0) is 11.2 Å². The number of carbonyl (C=O) groups excluding carboxylic acids is 1. The lowest BCUT2D eigenvalue weighted by Crippen LogP contribution is -2.38. The van der Waals surface area contributed by atoms with Crippen molar-refractivity contribution in [2.24, 2.45) is 0 Å². The third-order valence-electron chi connectivity index (χ3n) is 2.97. The third-order valence-corrected chi connectivity index (χ3v) is 3.73. The van der Waals surface area contributed by atoms with Gasteiger partial charge in [0.1, 0.15) is 4.88 Å². The van der Waals surface area contributed by atoms with Gasteiger partial charge in [-0.3, -0.25) is 4.79 Å². The molecule has 1 N–H and O–H groups in total. The molecular formula is C10H12FN3O3S. The second kappa shape index (κ2) is 4.60. The number of aryl methyl sites for hydroxylation is 1. The number of carboxylic acid groups (broad SMARTS) is 1. The first-order chi connectivity index (χ1) is 8.48. The van der Waals surface area contributed by atoms with E-state index in [0.717, 1.165) is 11.5 Å². The van der Waals surface area contributed by atoms with Gasteiger partial charge in [0.2, 0.25) is 5.67 Å². The lowest BCUT2D eigenvalue weighted by Gasteiger charge is -2.16. The molecule has 2 rings (SSSR count). The van der Waals surface area contributed by atoms with Crippen LogP contribution in [0.1, 0.15) is 28.7 Å². The lowest BCUT2D eigenvalue weighted by molar-refractivity contribution is -0.149. The van der Waals surface area contributed by atoms with Gasteiger partial charge in [-0.2, -0.15) is 0 Å². The number of likely N-dealkylation sites (tertiary alicyclic amines) is 1. The standard InChI is InChI=1S/C10H12FN3O3S/c1-2-6-7(18-13-12-6)8(15)14-4-3-10(11,5-14)9(16)17/h2-5H2,1H3,(H,16,17). The molecule has 2 heterocycles. The Kier molecular flexibility index (Phi) is 3.29. The van der Waals surface area contributed by atoms with Gasteiger partial charge >= 0.3 is 5.97 Å². The third kappa shape index (κ3) is 2.07. The summed E-state index contributed by atoms with van der Waals surface area (Å²) in [7, 11) is 0. The lowest BCUT2D eigenvalue weighted by atomic mass is 10.1. The van der Waals surface area contributed by atoms with Crippen LogP contribution in [0.15, 0.2) is 0 Å². The van der Waals surface area contributed by atoms with Gasteiger partial charge in [-0.05, 0) is 18.0 Å². The summed E-state index contributed by atoms with van der Waals surface area (Å²) in [6, 6.07) is 0. The molecule has 1 fully saturated rings. The van der Waals surface area contributed by atoms with E-state index in [0.29, 0.717) is 17.0 Å². The van der Waals surface area contributed by atoms with Gasteiger partial charge in [0.05, 0.1) is 12.2 Å². The molecule has 1 amide bonds. The first-order valence-electron chi connectivity index (χ1n) is 5.50. The number of carboxylic acids is 1. The molecule has 8 heteroatoms. The molecule has 1 aliphatic rings. The van der Waals surface area contributed by atoms with E-state index >= 15 is 0 Å². The molecule has 1 unspecified atom stereocenters. The van der Waals surface area contributed by atoms with Crippen molar-refractivity contribution in [1.29, 1.82) is 0 Å². The molecule has 0 radical (unpaired) electrons. The van der Waals surface area contributed by atoms with E-state index in [1.807, 2.05) is 6.92 Å². The van der Waals surface area contributed by atoms with Gasteiger partial charge in [0.25, 0.3) is 5.91 Å². The smallest absolute Gasteiger partial charge is 0.343 e. The van der Waals surface area contributed by atoms with Crippen LogP contribution in [0, 0.1) is 0 Å². The number of alkyl halides is 1. The summed E-state index contributed by atoms with van der Waals surface area (Å²) in [4.78, 5) is 24.4. The summed E-state index contributed by atoms with van der Waals surface area (Å²) in [5, 5.41) is 12.6. The van der Waals surface area contributed by atoms with Crippen molar-refractivity contribution >= 4 is 23.4 Å². The van der Waals surface area contributed by atoms with Crippen LogP contribution in [0.2, 0.25) is 0 Å². The van der Waals surface area contributed by atoms with Crippen LogP contribution < -0.4 is 0 Å². The highest BCUT2D eigenvalue weighted by atomic mass is 32.1. The van der Waals surface area contributed by atoms with Crippen molar-refractivity contribution in [3.8, 4) is 0 Å².